The van der Waals surface area contributed by atoms with Crippen LogP contribution in [0.5, 0.6) is 0 Å². The van der Waals surface area contributed by atoms with Gasteiger partial charge in [-0.1, -0.05) is 6.08 Å². The maximum Gasteiger partial charge on any atom is 0.120 e. The van der Waals surface area contributed by atoms with Gasteiger partial charge in [-0.05, 0) is 32.4 Å². The zero-order valence-electron chi connectivity index (χ0n) is 8.05. The molecular weight excluding hydrogens is 180 g/mol. The number of aryl methyl sites for hydroxylation is 2. The van der Waals surface area contributed by atoms with Crippen molar-refractivity contribution in [3.63, 3.8) is 0 Å². The van der Waals surface area contributed by atoms with Gasteiger partial charge in [0, 0.05) is 11.4 Å². The second kappa shape index (κ2) is 3.60. The van der Waals surface area contributed by atoms with Crippen LogP contribution in [0.2, 0.25) is 0 Å². The molecule has 1 N–H and O–H groups in total. The molecular formula is C10H14N2S. The van der Waals surface area contributed by atoms with E-state index in [1.165, 1.54) is 21.2 Å². The lowest BCUT2D eigenvalue weighted by Gasteiger charge is -2.11. The van der Waals surface area contributed by atoms with Crippen LogP contribution in [0.1, 0.15) is 22.0 Å². The maximum absolute atomic E-state index is 4.54. The highest BCUT2D eigenvalue weighted by Crippen LogP contribution is 2.24. The SMILES string of the molecule is Cc1nc(C2=CCCNC2)sc1C. The fraction of sp³-hybridized carbons (Fsp3) is 0.500. The van der Waals surface area contributed by atoms with E-state index in [0.29, 0.717) is 0 Å². The minimum Gasteiger partial charge on any atom is -0.312 e. The Morgan fingerprint density at radius 1 is 1.46 bits per heavy atom. The Labute approximate surface area is 82.7 Å². The molecule has 3 heteroatoms. The van der Waals surface area contributed by atoms with Crippen LogP contribution in [-0.4, -0.2) is 18.1 Å². The third kappa shape index (κ3) is 1.81. The number of hydrogen-bond acceptors (Lipinski definition) is 3. The fourth-order valence-corrected chi connectivity index (χ4v) is 2.37. The molecule has 0 unspecified atom stereocenters. The molecule has 2 heterocycles. The Morgan fingerprint density at radius 2 is 2.31 bits per heavy atom. The van der Waals surface area contributed by atoms with Crippen molar-refractivity contribution in [2.45, 2.75) is 20.3 Å². The Bertz CT molecular complexity index is 319. The number of thiazole rings is 1. The number of nitrogens with one attached hydrogen (secondary N) is 1. The highest BCUT2D eigenvalue weighted by molar-refractivity contribution is 7.12. The van der Waals surface area contributed by atoms with E-state index >= 15 is 0 Å². The Balaban J connectivity index is 2.29. The van der Waals surface area contributed by atoms with E-state index in [9.17, 15) is 0 Å². The molecule has 1 aromatic heterocycles. The van der Waals surface area contributed by atoms with E-state index in [-0.39, 0.29) is 0 Å². The molecule has 0 saturated heterocycles. The van der Waals surface area contributed by atoms with Crippen molar-refractivity contribution >= 4 is 16.9 Å². The van der Waals surface area contributed by atoms with Crippen molar-refractivity contribution < 1.29 is 0 Å². The van der Waals surface area contributed by atoms with Gasteiger partial charge >= 0.3 is 0 Å². The summed E-state index contributed by atoms with van der Waals surface area (Å²) in [4.78, 5) is 5.88. The Kier molecular flexibility index (Phi) is 2.47. The van der Waals surface area contributed by atoms with Gasteiger partial charge in [0.15, 0.2) is 0 Å². The van der Waals surface area contributed by atoms with Gasteiger partial charge in [0.25, 0.3) is 0 Å². The van der Waals surface area contributed by atoms with E-state index < -0.39 is 0 Å². The predicted molar refractivity (Wildman–Crippen MR) is 57.1 cm³/mol. The van der Waals surface area contributed by atoms with E-state index in [0.717, 1.165) is 19.5 Å². The van der Waals surface area contributed by atoms with Gasteiger partial charge in [-0.2, -0.15) is 0 Å². The largest absolute Gasteiger partial charge is 0.312 e. The molecule has 13 heavy (non-hydrogen) atoms. The lowest BCUT2D eigenvalue weighted by molar-refractivity contribution is 0.738. The first-order valence-corrected chi connectivity index (χ1v) is 5.43. The van der Waals surface area contributed by atoms with Crippen molar-refractivity contribution in [3.05, 3.63) is 21.7 Å². The molecule has 0 fully saturated rings. The molecule has 70 valence electrons. The van der Waals surface area contributed by atoms with E-state index in [2.05, 4.69) is 30.2 Å². The van der Waals surface area contributed by atoms with Crippen molar-refractivity contribution in [1.82, 2.24) is 10.3 Å². The van der Waals surface area contributed by atoms with Crippen LogP contribution in [0, 0.1) is 13.8 Å². The van der Waals surface area contributed by atoms with Crippen LogP contribution in [0.25, 0.3) is 5.57 Å². The molecule has 0 spiro atoms. The molecule has 0 bridgehead atoms. The smallest absolute Gasteiger partial charge is 0.120 e. The Hall–Kier alpha value is -0.670. The van der Waals surface area contributed by atoms with Gasteiger partial charge in [0.1, 0.15) is 5.01 Å². The number of rotatable bonds is 1. The zero-order chi connectivity index (χ0) is 9.26. The summed E-state index contributed by atoms with van der Waals surface area (Å²) in [6.07, 6.45) is 3.43. The lowest BCUT2D eigenvalue weighted by Crippen LogP contribution is -2.21. The fourth-order valence-electron chi connectivity index (χ4n) is 1.42. The quantitative estimate of drug-likeness (QED) is 0.741. The summed E-state index contributed by atoms with van der Waals surface area (Å²) in [5.41, 5.74) is 2.54. The number of aromatic nitrogens is 1. The van der Waals surface area contributed by atoms with Crippen molar-refractivity contribution in [2.24, 2.45) is 0 Å². The van der Waals surface area contributed by atoms with Gasteiger partial charge < -0.3 is 5.32 Å². The third-order valence-electron chi connectivity index (χ3n) is 2.33. The maximum atomic E-state index is 4.54. The molecule has 0 aromatic carbocycles. The van der Waals surface area contributed by atoms with Gasteiger partial charge in [-0.3, -0.25) is 0 Å². The van der Waals surface area contributed by atoms with Gasteiger partial charge in [-0.25, -0.2) is 4.98 Å². The molecule has 0 atom stereocenters. The summed E-state index contributed by atoms with van der Waals surface area (Å²) in [6, 6.07) is 0. The molecule has 0 radical (unpaired) electrons. The average molecular weight is 194 g/mol. The summed E-state index contributed by atoms with van der Waals surface area (Å²) in [5, 5.41) is 4.56. The molecule has 0 amide bonds. The number of nitrogens with zero attached hydrogens (tertiary/aromatic N) is 1. The van der Waals surface area contributed by atoms with Gasteiger partial charge in [0.2, 0.25) is 0 Å². The van der Waals surface area contributed by atoms with E-state index in [4.69, 9.17) is 0 Å². The molecule has 0 aliphatic carbocycles. The van der Waals surface area contributed by atoms with E-state index in [1.54, 1.807) is 11.3 Å². The summed E-state index contributed by atoms with van der Waals surface area (Å²) >= 11 is 1.80. The standard InChI is InChI=1S/C10H14N2S/c1-7-8(2)13-10(12-7)9-4-3-5-11-6-9/h4,11H,3,5-6H2,1-2H3. The van der Waals surface area contributed by atoms with Gasteiger partial charge in [-0.15, -0.1) is 11.3 Å². The minimum atomic E-state index is 0.979. The summed E-state index contributed by atoms with van der Waals surface area (Å²) in [7, 11) is 0. The highest BCUT2D eigenvalue weighted by atomic mass is 32.1. The molecule has 2 nitrogen and oxygen atoms in total. The molecule has 1 aliphatic rings. The second-order valence-electron chi connectivity index (χ2n) is 3.36. The minimum absolute atomic E-state index is 0.979. The first kappa shape index (κ1) is 8.91. The average Bonchev–Trinajstić information content (AvgIpc) is 2.49. The molecule has 1 aliphatic heterocycles. The molecule has 1 aromatic rings. The van der Waals surface area contributed by atoms with Crippen LogP contribution in [0.3, 0.4) is 0 Å². The zero-order valence-corrected chi connectivity index (χ0v) is 8.87. The van der Waals surface area contributed by atoms with Crippen LogP contribution >= 0.6 is 11.3 Å². The predicted octanol–water partition coefficient (Wildman–Crippen LogP) is 2.14. The third-order valence-corrected chi connectivity index (χ3v) is 3.48. The number of hydrogen-bond donors (Lipinski definition) is 1. The first-order chi connectivity index (χ1) is 6.27. The van der Waals surface area contributed by atoms with Crippen LogP contribution in [0.4, 0.5) is 0 Å². The van der Waals surface area contributed by atoms with Crippen molar-refractivity contribution in [2.75, 3.05) is 13.1 Å². The summed E-state index contributed by atoms with van der Waals surface area (Å²) in [6.45, 7) is 6.29. The Morgan fingerprint density at radius 3 is 2.85 bits per heavy atom. The van der Waals surface area contributed by atoms with Crippen molar-refractivity contribution in [1.29, 1.82) is 0 Å². The van der Waals surface area contributed by atoms with Crippen molar-refractivity contribution in [3.8, 4) is 0 Å². The normalized spacial score (nSPS) is 17.2. The first-order valence-electron chi connectivity index (χ1n) is 4.61. The van der Waals surface area contributed by atoms with E-state index in [1.807, 2.05) is 0 Å². The van der Waals surface area contributed by atoms with Crippen LogP contribution in [-0.2, 0) is 0 Å². The second-order valence-corrected chi connectivity index (χ2v) is 4.56. The molecule has 0 saturated carbocycles. The summed E-state index contributed by atoms with van der Waals surface area (Å²) < 4.78 is 0. The highest BCUT2D eigenvalue weighted by Gasteiger charge is 2.10. The summed E-state index contributed by atoms with van der Waals surface area (Å²) in [5.74, 6) is 0. The lowest BCUT2D eigenvalue weighted by atomic mass is 10.1. The monoisotopic (exact) mass is 194 g/mol. The molecule has 2 rings (SSSR count). The van der Waals surface area contributed by atoms with Gasteiger partial charge in [0.05, 0.1) is 5.69 Å². The van der Waals surface area contributed by atoms with Crippen LogP contribution < -0.4 is 5.32 Å². The van der Waals surface area contributed by atoms with Crippen LogP contribution in [0.15, 0.2) is 6.08 Å². The topological polar surface area (TPSA) is 24.9 Å².